The highest BCUT2D eigenvalue weighted by atomic mass is 35.5. The molecule has 0 saturated heterocycles. The lowest BCUT2D eigenvalue weighted by Gasteiger charge is -2.15. The lowest BCUT2D eigenvalue weighted by Crippen LogP contribution is -2.29. The van der Waals surface area contributed by atoms with Gasteiger partial charge in [-0.05, 0) is 24.3 Å². The Bertz CT molecular complexity index is 849. The van der Waals surface area contributed by atoms with Crippen molar-refractivity contribution in [3.8, 4) is 5.75 Å². The number of phenolic OH excluding ortho intramolecular Hbond substituents is 1. The molecule has 0 fully saturated rings. The van der Waals surface area contributed by atoms with E-state index in [1.165, 1.54) is 30.3 Å². The van der Waals surface area contributed by atoms with E-state index in [0.29, 0.717) is 4.90 Å². The second-order valence-electron chi connectivity index (χ2n) is 4.54. The van der Waals surface area contributed by atoms with Crippen molar-refractivity contribution in [3.05, 3.63) is 62.7 Å². The van der Waals surface area contributed by atoms with E-state index in [9.17, 15) is 24.8 Å². The number of carbonyl (C=O) groups excluding carboxylic acids is 2. The third-order valence-corrected chi connectivity index (χ3v) is 3.50. The van der Waals surface area contributed by atoms with Crippen LogP contribution in [0.1, 0.15) is 20.7 Å². The lowest BCUT2D eigenvalue weighted by molar-refractivity contribution is -0.385. The number of imide groups is 1. The number of hydrogen-bond acceptors (Lipinski definition) is 5. The Morgan fingerprint density at radius 3 is 2.55 bits per heavy atom. The Labute approximate surface area is 128 Å². The fraction of sp³-hybridized carbons (Fsp3) is 0. The van der Waals surface area contributed by atoms with Crippen LogP contribution in [0, 0.1) is 10.1 Å². The molecule has 0 aromatic heterocycles. The van der Waals surface area contributed by atoms with Gasteiger partial charge in [-0.15, -0.1) is 0 Å². The number of nitrogens with zero attached hydrogens (tertiary/aromatic N) is 2. The topological polar surface area (TPSA) is 101 Å². The lowest BCUT2D eigenvalue weighted by atomic mass is 10.1. The van der Waals surface area contributed by atoms with Crippen LogP contribution in [-0.2, 0) is 0 Å². The molecule has 1 aliphatic heterocycles. The van der Waals surface area contributed by atoms with Crippen LogP contribution in [0.4, 0.5) is 11.4 Å². The van der Waals surface area contributed by atoms with Gasteiger partial charge in [-0.3, -0.25) is 19.7 Å². The first-order valence-electron chi connectivity index (χ1n) is 6.06. The van der Waals surface area contributed by atoms with Crippen LogP contribution in [0.3, 0.4) is 0 Å². The highest BCUT2D eigenvalue weighted by Gasteiger charge is 2.42. The monoisotopic (exact) mass is 318 g/mol. The number of phenols is 1. The molecular weight excluding hydrogens is 312 g/mol. The predicted molar refractivity (Wildman–Crippen MR) is 77.4 cm³/mol. The zero-order valence-corrected chi connectivity index (χ0v) is 11.6. The molecule has 3 rings (SSSR count). The first-order chi connectivity index (χ1) is 10.4. The molecule has 2 amide bonds. The van der Waals surface area contributed by atoms with E-state index in [4.69, 9.17) is 11.6 Å². The van der Waals surface area contributed by atoms with E-state index in [0.717, 1.165) is 6.07 Å². The van der Waals surface area contributed by atoms with Crippen molar-refractivity contribution in [2.45, 2.75) is 0 Å². The summed E-state index contributed by atoms with van der Waals surface area (Å²) in [5.41, 5.74) is -0.955. The van der Waals surface area contributed by atoms with Gasteiger partial charge < -0.3 is 5.11 Å². The minimum Gasteiger partial charge on any atom is -0.506 e. The summed E-state index contributed by atoms with van der Waals surface area (Å²) in [6.07, 6.45) is 0. The van der Waals surface area contributed by atoms with Gasteiger partial charge in [0.15, 0.2) is 0 Å². The van der Waals surface area contributed by atoms with Crippen molar-refractivity contribution >= 4 is 34.8 Å². The molecule has 7 nitrogen and oxygen atoms in total. The third-order valence-electron chi connectivity index (χ3n) is 3.27. The van der Waals surface area contributed by atoms with E-state index in [1.807, 2.05) is 0 Å². The van der Waals surface area contributed by atoms with Crippen molar-refractivity contribution < 1.29 is 19.6 Å². The minimum atomic E-state index is -0.870. The molecule has 2 aromatic carbocycles. The summed E-state index contributed by atoms with van der Waals surface area (Å²) in [5.74, 6) is -1.95. The SMILES string of the molecule is O=C1c2cccc([N+](=O)[O-])c2C(=O)N1c1cc(Cl)ccc1O. The molecule has 22 heavy (non-hydrogen) atoms. The summed E-state index contributed by atoms with van der Waals surface area (Å²) in [5, 5.41) is 21.1. The first kappa shape index (κ1) is 14.0. The van der Waals surface area contributed by atoms with Crippen LogP contribution in [0.5, 0.6) is 5.75 Å². The highest BCUT2D eigenvalue weighted by Crippen LogP contribution is 2.38. The van der Waals surface area contributed by atoms with E-state index in [-0.39, 0.29) is 27.6 Å². The Morgan fingerprint density at radius 2 is 1.86 bits per heavy atom. The van der Waals surface area contributed by atoms with Crippen LogP contribution < -0.4 is 4.90 Å². The first-order valence-corrected chi connectivity index (χ1v) is 6.44. The maximum atomic E-state index is 12.4. The van der Waals surface area contributed by atoms with Crippen molar-refractivity contribution in [2.75, 3.05) is 4.90 Å². The standard InChI is InChI=1S/C14H7ClN2O5/c15-7-4-5-11(18)10(6-7)16-13(19)8-2-1-3-9(17(21)22)12(8)14(16)20/h1-6,18H. The summed E-state index contributed by atoms with van der Waals surface area (Å²) in [6, 6.07) is 7.65. The van der Waals surface area contributed by atoms with Gasteiger partial charge in [0.25, 0.3) is 17.5 Å². The number of amides is 2. The van der Waals surface area contributed by atoms with Gasteiger partial charge >= 0.3 is 0 Å². The fourth-order valence-corrected chi connectivity index (χ4v) is 2.48. The predicted octanol–water partition coefficient (Wildman–Crippen LogP) is 2.75. The molecule has 1 aliphatic rings. The third kappa shape index (κ3) is 1.91. The van der Waals surface area contributed by atoms with Gasteiger partial charge in [0.1, 0.15) is 11.3 Å². The summed E-state index contributed by atoms with van der Waals surface area (Å²) in [7, 11) is 0. The minimum absolute atomic E-state index is 0.0847. The highest BCUT2D eigenvalue weighted by molar-refractivity contribution is 6.37. The van der Waals surface area contributed by atoms with Gasteiger partial charge in [0.2, 0.25) is 0 Å². The van der Waals surface area contributed by atoms with Crippen LogP contribution in [0.15, 0.2) is 36.4 Å². The van der Waals surface area contributed by atoms with Crippen LogP contribution >= 0.6 is 11.6 Å². The van der Waals surface area contributed by atoms with E-state index in [1.54, 1.807) is 0 Å². The van der Waals surface area contributed by atoms with Gasteiger partial charge in [0, 0.05) is 11.1 Å². The molecule has 0 saturated carbocycles. The number of hydrogen-bond donors (Lipinski definition) is 1. The number of benzene rings is 2. The number of aromatic hydroxyl groups is 1. The summed E-state index contributed by atoms with van der Waals surface area (Å²) in [4.78, 5) is 35.8. The number of nitro groups is 1. The van der Waals surface area contributed by atoms with Gasteiger partial charge in [-0.25, -0.2) is 4.90 Å². The van der Waals surface area contributed by atoms with Crippen molar-refractivity contribution in [2.24, 2.45) is 0 Å². The largest absolute Gasteiger partial charge is 0.506 e. The second-order valence-corrected chi connectivity index (χ2v) is 4.97. The quantitative estimate of drug-likeness (QED) is 0.521. The maximum absolute atomic E-state index is 12.4. The Morgan fingerprint density at radius 1 is 1.14 bits per heavy atom. The van der Waals surface area contributed by atoms with Crippen LogP contribution in [-0.4, -0.2) is 21.8 Å². The zero-order chi connectivity index (χ0) is 16.0. The van der Waals surface area contributed by atoms with E-state index in [2.05, 4.69) is 0 Å². The summed E-state index contributed by atoms with van der Waals surface area (Å²) < 4.78 is 0. The van der Waals surface area contributed by atoms with Crippen molar-refractivity contribution in [1.29, 1.82) is 0 Å². The maximum Gasteiger partial charge on any atom is 0.283 e. The molecule has 110 valence electrons. The molecule has 2 aromatic rings. The molecule has 0 atom stereocenters. The average molecular weight is 319 g/mol. The molecule has 0 bridgehead atoms. The van der Waals surface area contributed by atoms with Crippen LogP contribution in [0.2, 0.25) is 5.02 Å². The molecule has 0 spiro atoms. The van der Waals surface area contributed by atoms with Gasteiger partial charge in [-0.1, -0.05) is 17.7 Å². The Balaban J connectivity index is 2.21. The van der Waals surface area contributed by atoms with Crippen LogP contribution in [0.25, 0.3) is 0 Å². The van der Waals surface area contributed by atoms with Gasteiger partial charge in [-0.2, -0.15) is 0 Å². The molecular formula is C14H7ClN2O5. The number of fused-ring (bicyclic) bond motifs is 1. The average Bonchev–Trinajstić information content (AvgIpc) is 2.74. The molecule has 0 unspecified atom stereocenters. The molecule has 0 radical (unpaired) electrons. The van der Waals surface area contributed by atoms with E-state index >= 15 is 0 Å². The zero-order valence-electron chi connectivity index (χ0n) is 10.8. The fourth-order valence-electron chi connectivity index (χ4n) is 2.31. The molecule has 0 aliphatic carbocycles. The number of rotatable bonds is 2. The Hall–Kier alpha value is -2.93. The van der Waals surface area contributed by atoms with Crippen molar-refractivity contribution in [3.63, 3.8) is 0 Å². The Kier molecular flexibility index (Phi) is 3.07. The smallest absolute Gasteiger partial charge is 0.283 e. The number of carbonyl (C=O) groups is 2. The van der Waals surface area contributed by atoms with Crippen molar-refractivity contribution in [1.82, 2.24) is 0 Å². The van der Waals surface area contributed by atoms with E-state index < -0.39 is 22.4 Å². The number of anilines is 1. The molecule has 1 heterocycles. The summed E-state index contributed by atoms with van der Waals surface area (Å²) >= 11 is 5.82. The van der Waals surface area contributed by atoms with Gasteiger partial charge in [0.05, 0.1) is 16.2 Å². The molecule has 8 heteroatoms. The summed E-state index contributed by atoms with van der Waals surface area (Å²) in [6.45, 7) is 0. The number of nitro benzene ring substituents is 1. The molecule has 1 N–H and O–H groups in total. The second kappa shape index (κ2) is 4.81. The normalized spacial score (nSPS) is 13.4. The number of halogens is 1.